The number of amides is 2. The number of hydrogen-bond acceptors (Lipinski definition) is 8. The molecule has 0 bridgehead atoms. The first-order valence-electron chi connectivity index (χ1n) is 15.8. The molecule has 42 heavy (non-hydrogen) atoms. The van der Waals surface area contributed by atoms with Crippen LogP contribution in [0.3, 0.4) is 0 Å². The van der Waals surface area contributed by atoms with E-state index in [0.717, 1.165) is 18.4 Å². The summed E-state index contributed by atoms with van der Waals surface area (Å²) < 4.78 is 29.2. The maximum Gasteiger partial charge on any atom is 0.319 e. The topological polar surface area (TPSA) is 125 Å². The number of unbranched alkanes of at least 4 members (excludes halogenated alkanes) is 9. The molecule has 0 unspecified atom stereocenters. The van der Waals surface area contributed by atoms with Crippen LogP contribution in [0.1, 0.15) is 97.5 Å². The van der Waals surface area contributed by atoms with E-state index < -0.39 is 35.9 Å². The summed E-state index contributed by atoms with van der Waals surface area (Å²) in [5.41, 5.74) is 1.35. The van der Waals surface area contributed by atoms with E-state index in [1.165, 1.54) is 51.4 Å². The van der Waals surface area contributed by atoms with Crippen molar-refractivity contribution in [1.82, 2.24) is 5.32 Å². The molecule has 2 aliphatic rings. The van der Waals surface area contributed by atoms with Gasteiger partial charge in [0, 0.05) is 18.8 Å². The minimum atomic E-state index is -1.24. The van der Waals surface area contributed by atoms with Crippen LogP contribution in [0.15, 0.2) is 24.3 Å². The van der Waals surface area contributed by atoms with Crippen LogP contribution in [-0.4, -0.2) is 73.4 Å². The fraction of sp³-hybridized carbons (Fsp3) is 0.750. The van der Waals surface area contributed by atoms with Crippen molar-refractivity contribution in [1.29, 1.82) is 0 Å². The van der Waals surface area contributed by atoms with Gasteiger partial charge in [0.25, 0.3) is 0 Å². The molecule has 10 heteroatoms. The van der Waals surface area contributed by atoms with Crippen molar-refractivity contribution in [3.8, 4) is 0 Å². The van der Waals surface area contributed by atoms with Crippen LogP contribution >= 0.6 is 0 Å². The minimum Gasteiger partial charge on any atom is -0.466 e. The number of carbonyl (C=O) groups excluding carboxylic acids is 2. The Morgan fingerprint density at radius 2 is 1.57 bits per heavy atom. The number of rotatable bonds is 19. The first kappa shape index (κ1) is 34.3. The molecule has 0 spiro atoms. The van der Waals surface area contributed by atoms with Crippen LogP contribution in [0.2, 0.25) is 0 Å². The number of benzene rings is 1. The number of urea groups is 1. The average molecular weight is 593 g/mol. The molecule has 1 aromatic carbocycles. The predicted octanol–water partition coefficient (Wildman–Crippen LogP) is 5.46. The Hall–Kier alpha value is -2.24. The maximum atomic E-state index is 12.5. The molecular formula is C32H52N2O8. The largest absolute Gasteiger partial charge is 0.466 e. The Morgan fingerprint density at radius 3 is 2.21 bits per heavy atom. The van der Waals surface area contributed by atoms with Gasteiger partial charge in [0.1, 0.15) is 24.9 Å². The second-order valence-electron chi connectivity index (χ2n) is 11.7. The van der Waals surface area contributed by atoms with Crippen molar-refractivity contribution in [3.63, 3.8) is 0 Å². The van der Waals surface area contributed by atoms with Gasteiger partial charge in [0.2, 0.25) is 5.79 Å². The van der Waals surface area contributed by atoms with Gasteiger partial charge in [-0.25, -0.2) is 4.79 Å². The first-order chi connectivity index (χ1) is 20.2. The molecule has 1 aromatic rings. The van der Waals surface area contributed by atoms with Crippen molar-refractivity contribution < 1.29 is 38.4 Å². The van der Waals surface area contributed by atoms with E-state index in [-0.39, 0.29) is 25.5 Å². The molecule has 0 aromatic heterocycles. The number of nitrogens with one attached hydrogen (secondary N) is 2. The zero-order chi connectivity index (χ0) is 30.4. The lowest BCUT2D eigenvalue weighted by atomic mass is 10.1. The quantitative estimate of drug-likeness (QED) is 0.143. The number of ether oxygens (including phenoxy) is 5. The summed E-state index contributed by atoms with van der Waals surface area (Å²) in [5, 5.41) is 16.5. The normalized spacial score (nSPS) is 24.4. The van der Waals surface area contributed by atoms with Crippen LogP contribution in [0.25, 0.3) is 0 Å². The third kappa shape index (κ3) is 10.8. The van der Waals surface area contributed by atoms with Gasteiger partial charge in [-0.15, -0.1) is 0 Å². The van der Waals surface area contributed by atoms with Crippen molar-refractivity contribution in [3.05, 3.63) is 29.8 Å². The lowest BCUT2D eigenvalue weighted by Gasteiger charge is -2.28. The van der Waals surface area contributed by atoms with Gasteiger partial charge in [-0.05, 0) is 44.9 Å². The van der Waals surface area contributed by atoms with Gasteiger partial charge in [0.15, 0.2) is 5.79 Å². The van der Waals surface area contributed by atoms with Crippen LogP contribution in [-0.2, 0) is 34.9 Å². The summed E-state index contributed by atoms with van der Waals surface area (Å²) in [6.07, 6.45) is 10.2. The summed E-state index contributed by atoms with van der Waals surface area (Å²) in [6.45, 7) is 8.68. The van der Waals surface area contributed by atoms with Crippen molar-refractivity contribution in [2.45, 2.75) is 128 Å². The van der Waals surface area contributed by atoms with Crippen LogP contribution in [0.5, 0.6) is 0 Å². The number of hydrogen-bond donors (Lipinski definition) is 3. The number of fused-ring (bicyclic) bond motifs is 1. The van der Waals surface area contributed by atoms with Gasteiger partial charge in [-0.3, -0.25) is 4.79 Å². The summed E-state index contributed by atoms with van der Waals surface area (Å²) in [4.78, 5) is 24.2. The smallest absolute Gasteiger partial charge is 0.319 e. The highest BCUT2D eigenvalue weighted by Crippen LogP contribution is 2.45. The molecule has 2 fully saturated rings. The second-order valence-corrected chi connectivity index (χ2v) is 11.7. The Labute approximate surface area is 251 Å². The Bertz CT molecular complexity index is 956. The number of aliphatic hydroxyl groups excluding tert-OH is 1. The molecule has 238 valence electrons. The lowest BCUT2D eigenvalue weighted by molar-refractivity contribution is -0.277. The SMILES string of the molecule is CCCCCCCCCCCCOC[C@@]12O[C@@H](CNC(=O)Nc3ccc(CC(=O)OCC)cc3)[C@@H](O)[C@@H]1OC(C)(C)O2. The van der Waals surface area contributed by atoms with Crippen LogP contribution in [0, 0.1) is 0 Å². The zero-order valence-electron chi connectivity index (χ0n) is 26.0. The summed E-state index contributed by atoms with van der Waals surface area (Å²) in [7, 11) is 0. The molecule has 2 saturated heterocycles. The van der Waals surface area contributed by atoms with E-state index in [1.807, 2.05) is 0 Å². The monoisotopic (exact) mass is 592 g/mol. The number of anilines is 1. The molecule has 2 heterocycles. The second kappa shape index (κ2) is 17.2. The van der Waals surface area contributed by atoms with Gasteiger partial charge in [-0.1, -0.05) is 76.8 Å². The van der Waals surface area contributed by atoms with Gasteiger partial charge >= 0.3 is 12.0 Å². The summed E-state index contributed by atoms with van der Waals surface area (Å²) in [5.74, 6) is -2.46. The molecule has 2 amide bonds. The van der Waals surface area contributed by atoms with E-state index >= 15 is 0 Å². The van der Waals surface area contributed by atoms with E-state index in [0.29, 0.717) is 18.9 Å². The Kier molecular flexibility index (Phi) is 14.0. The van der Waals surface area contributed by atoms with Crippen LogP contribution < -0.4 is 10.6 Å². The highest BCUT2D eigenvalue weighted by molar-refractivity contribution is 5.89. The molecule has 0 radical (unpaired) electrons. The van der Waals surface area contributed by atoms with E-state index in [1.54, 1.807) is 45.0 Å². The van der Waals surface area contributed by atoms with Gasteiger partial charge in [-0.2, -0.15) is 0 Å². The Balaban J connectivity index is 1.38. The van der Waals surface area contributed by atoms with Crippen LogP contribution in [0.4, 0.5) is 10.5 Å². The van der Waals surface area contributed by atoms with Gasteiger partial charge < -0.3 is 39.4 Å². The van der Waals surface area contributed by atoms with Crippen molar-refractivity contribution >= 4 is 17.7 Å². The number of carbonyl (C=O) groups is 2. The molecular weight excluding hydrogens is 540 g/mol. The minimum absolute atomic E-state index is 0.0534. The number of aliphatic hydroxyl groups is 1. The first-order valence-corrected chi connectivity index (χ1v) is 15.8. The molecule has 0 saturated carbocycles. The van der Waals surface area contributed by atoms with Crippen molar-refractivity contribution in [2.75, 3.05) is 31.7 Å². The average Bonchev–Trinajstić information content (AvgIpc) is 3.35. The molecule has 3 rings (SSSR count). The third-order valence-corrected chi connectivity index (χ3v) is 7.58. The molecule has 2 aliphatic heterocycles. The summed E-state index contributed by atoms with van der Waals surface area (Å²) >= 11 is 0. The molecule has 3 N–H and O–H groups in total. The third-order valence-electron chi connectivity index (χ3n) is 7.58. The van der Waals surface area contributed by atoms with Crippen molar-refractivity contribution in [2.24, 2.45) is 0 Å². The van der Waals surface area contributed by atoms with E-state index in [4.69, 9.17) is 23.7 Å². The lowest BCUT2D eigenvalue weighted by Crippen LogP contribution is -2.45. The number of esters is 1. The van der Waals surface area contributed by atoms with Gasteiger partial charge in [0.05, 0.1) is 13.0 Å². The highest BCUT2D eigenvalue weighted by atomic mass is 16.9. The maximum absolute atomic E-state index is 12.5. The highest BCUT2D eigenvalue weighted by Gasteiger charge is 2.64. The predicted molar refractivity (Wildman–Crippen MR) is 160 cm³/mol. The van der Waals surface area contributed by atoms with E-state index in [2.05, 4.69) is 17.6 Å². The molecule has 0 aliphatic carbocycles. The fourth-order valence-electron chi connectivity index (χ4n) is 5.50. The fourth-order valence-corrected chi connectivity index (χ4v) is 5.50. The molecule has 4 atom stereocenters. The summed E-state index contributed by atoms with van der Waals surface area (Å²) in [6, 6.07) is 6.49. The van der Waals surface area contributed by atoms with E-state index in [9.17, 15) is 14.7 Å². The molecule has 10 nitrogen and oxygen atoms in total. The Morgan fingerprint density at radius 1 is 0.929 bits per heavy atom. The zero-order valence-corrected chi connectivity index (χ0v) is 26.0. The standard InChI is InChI=1S/C32H52N2O8/c1-5-7-8-9-10-11-12-13-14-15-20-38-23-32-29(41-31(3,4)42-32)28(36)26(40-32)22-33-30(37)34-25-18-16-24(17-19-25)21-27(35)39-6-2/h16-19,26,28-29,36H,5-15,20-23H2,1-4H3,(H2,33,34,37)/t26-,28+,29-,32-/m0/s1.